The van der Waals surface area contributed by atoms with Gasteiger partial charge in [-0.05, 0) is 54.0 Å². The number of pyridine rings is 1. The van der Waals surface area contributed by atoms with Gasteiger partial charge in [-0.15, -0.1) is 0 Å². The van der Waals surface area contributed by atoms with E-state index in [2.05, 4.69) is 36.4 Å². The fourth-order valence-corrected chi connectivity index (χ4v) is 7.02. The van der Waals surface area contributed by atoms with Crippen LogP contribution in [0.2, 0.25) is 5.02 Å². The van der Waals surface area contributed by atoms with Crippen LogP contribution in [0.3, 0.4) is 0 Å². The van der Waals surface area contributed by atoms with E-state index in [1.807, 2.05) is 0 Å². The van der Waals surface area contributed by atoms with Crippen molar-refractivity contribution in [2.75, 3.05) is 24.9 Å². The first-order valence-corrected chi connectivity index (χ1v) is 14.1. The Morgan fingerprint density at radius 1 is 1.19 bits per heavy atom. The highest BCUT2D eigenvalue weighted by atomic mass is 35.5. The number of nitrogens with zero attached hydrogens (tertiary/aromatic N) is 1. The number of aromatic nitrogens is 1. The maximum absolute atomic E-state index is 15.9. The summed E-state index contributed by atoms with van der Waals surface area (Å²) in [5.41, 5.74) is 0.553. The Morgan fingerprint density at radius 3 is 2.64 bits per heavy atom. The lowest BCUT2D eigenvalue weighted by Crippen LogP contribution is -2.45. The number of esters is 1. The molecule has 1 aliphatic heterocycles. The molecule has 0 bridgehead atoms. The summed E-state index contributed by atoms with van der Waals surface area (Å²) in [6, 6.07) is 11.0. The summed E-state index contributed by atoms with van der Waals surface area (Å²) in [5, 5.41) is 5.84. The van der Waals surface area contributed by atoms with E-state index in [-0.39, 0.29) is 39.1 Å². The third-order valence-corrected chi connectivity index (χ3v) is 8.64. The molecule has 42 heavy (non-hydrogen) atoms. The Kier molecular flexibility index (Phi) is 7.74. The summed E-state index contributed by atoms with van der Waals surface area (Å²) in [7, 11) is 2.68. The molecule has 220 valence electrons. The molecule has 2 aliphatic rings. The van der Waals surface area contributed by atoms with E-state index in [0.29, 0.717) is 29.8 Å². The highest BCUT2D eigenvalue weighted by molar-refractivity contribution is 6.30. The van der Waals surface area contributed by atoms with Crippen molar-refractivity contribution in [2.24, 2.45) is 17.3 Å². The highest BCUT2D eigenvalue weighted by Crippen LogP contribution is 2.64. The van der Waals surface area contributed by atoms with E-state index < -0.39 is 34.9 Å². The van der Waals surface area contributed by atoms with E-state index in [9.17, 15) is 14.4 Å². The Labute approximate surface area is 249 Å². The van der Waals surface area contributed by atoms with Gasteiger partial charge in [0.1, 0.15) is 17.1 Å². The minimum Gasteiger partial charge on any atom is -0.496 e. The van der Waals surface area contributed by atoms with Crippen LogP contribution >= 0.6 is 11.6 Å². The average molecular weight is 594 g/mol. The Hall–Kier alpha value is -3.98. The van der Waals surface area contributed by atoms with E-state index in [0.717, 1.165) is 0 Å². The molecule has 2 aromatic carbocycles. The van der Waals surface area contributed by atoms with Crippen LogP contribution in [0, 0.1) is 23.1 Å². The van der Waals surface area contributed by atoms with E-state index >= 15 is 4.39 Å². The van der Waals surface area contributed by atoms with Crippen LogP contribution in [0.25, 0.3) is 0 Å². The molecular weight excluding hydrogens is 561 g/mol. The van der Waals surface area contributed by atoms with Gasteiger partial charge in [-0.1, -0.05) is 44.5 Å². The highest BCUT2D eigenvalue weighted by Gasteiger charge is 2.66. The second-order valence-corrected chi connectivity index (χ2v) is 12.5. The maximum Gasteiger partial charge on any atom is 0.341 e. The number of amides is 2. The lowest BCUT2D eigenvalue weighted by atomic mass is 9.62. The van der Waals surface area contributed by atoms with Gasteiger partial charge < -0.3 is 20.1 Å². The summed E-state index contributed by atoms with van der Waals surface area (Å²) < 4.78 is 26.1. The second-order valence-electron chi connectivity index (χ2n) is 12.1. The molecule has 8 nitrogen and oxygen atoms in total. The van der Waals surface area contributed by atoms with Crippen LogP contribution in [0.4, 0.5) is 15.8 Å². The zero-order valence-electron chi connectivity index (χ0n) is 24.1. The van der Waals surface area contributed by atoms with Crippen molar-refractivity contribution in [3.05, 3.63) is 82.4 Å². The Morgan fingerprint density at radius 2 is 1.95 bits per heavy atom. The van der Waals surface area contributed by atoms with Gasteiger partial charge in [-0.2, -0.15) is 0 Å². The lowest BCUT2D eigenvalue weighted by molar-refractivity contribution is -0.123. The zero-order valence-corrected chi connectivity index (χ0v) is 24.8. The van der Waals surface area contributed by atoms with E-state index in [1.54, 1.807) is 36.7 Å². The monoisotopic (exact) mass is 593 g/mol. The fourth-order valence-electron chi connectivity index (χ4n) is 6.84. The summed E-state index contributed by atoms with van der Waals surface area (Å²) in [4.78, 5) is 44.8. The number of rotatable bonds is 6. The molecule has 0 unspecified atom stereocenters. The van der Waals surface area contributed by atoms with Crippen molar-refractivity contribution in [1.29, 1.82) is 0 Å². The molecule has 1 aromatic heterocycles. The van der Waals surface area contributed by atoms with Crippen molar-refractivity contribution < 1.29 is 28.2 Å². The molecule has 2 N–H and O–H groups in total. The van der Waals surface area contributed by atoms with Crippen molar-refractivity contribution in [2.45, 2.75) is 44.9 Å². The van der Waals surface area contributed by atoms with Crippen LogP contribution in [-0.2, 0) is 19.7 Å². The number of nitrogens with one attached hydrogen (secondary N) is 2. The van der Waals surface area contributed by atoms with Gasteiger partial charge in [0.05, 0.1) is 24.7 Å². The number of carbonyl (C=O) groups is 3. The smallest absolute Gasteiger partial charge is 0.341 e. The number of methoxy groups -OCH3 is 2. The summed E-state index contributed by atoms with van der Waals surface area (Å²) in [6.45, 7) is 6.24. The number of hydrogen-bond donors (Lipinski definition) is 2. The summed E-state index contributed by atoms with van der Waals surface area (Å²) >= 11 is 6.27. The molecular formula is C32H33ClFN3O5. The Bertz CT molecular complexity index is 1570. The summed E-state index contributed by atoms with van der Waals surface area (Å²) in [5.74, 6) is -3.72. The number of fused-ring (bicyclic) bond motifs is 2. The Balaban J connectivity index is 1.66. The van der Waals surface area contributed by atoms with Crippen LogP contribution in [0.15, 0.2) is 54.9 Å². The van der Waals surface area contributed by atoms with Gasteiger partial charge in [0, 0.05) is 47.2 Å². The number of carbonyl (C=O) groups excluding carboxylic acids is 3. The normalized spacial score (nSPS) is 22.9. The molecule has 0 saturated heterocycles. The molecule has 5 rings (SSSR count). The van der Waals surface area contributed by atoms with E-state index in [1.165, 1.54) is 32.4 Å². The van der Waals surface area contributed by atoms with Crippen LogP contribution in [0.1, 0.15) is 61.0 Å². The molecule has 4 atom stereocenters. The third-order valence-electron chi connectivity index (χ3n) is 8.35. The molecule has 10 heteroatoms. The van der Waals surface area contributed by atoms with Gasteiger partial charge in [-0.25, -0.2) is 9.18 Å². The van der Waals surface area contributed by atoms with E-state index in [4.69, 9.17) is 21.1 Å². The van der Waals surface area contributed by atoms with Crippen LogP contribution in [-0.4, -0.2) is 37.0 Å². The van der Waals surface area contributed by atoms with Gasteiger partial charge in [0.25, 0.3) is 0 Å². The minimum atomic E-state index is -1.27. The molecule has 0 radical (unpaired) electrons. The molecule has 3 aromatic rings. The fraction of sp³-hybridized carbons (Fsp3) is 0.375. The van der Waals surface area contributed by atoms with Crippen molar-refractivity contribution in [1.82, 2.24) is 4.98 Å². The minimum absolute atomic E-state index is 0.0889. The maximum atomic E-state index is 15.9. The molecule has 1 fully saturated rings. The largest absolute Gasteiger partial charge is 0.496 e. The molecule has 1 spiro atoms. The average Bonchev–Trinajstić information content (AvgIpc) is 3.43. The zero-order chi connectivity index (χ0) is 30.4. The van der Waals surface area contributed by atoms with Crippen LogP contribution in [0.5, 0.6) is 5.75 Å². The number of benzene rings is 2. The molecule has 1 saturated carbocycles. The topological polar surface area (TPSA) is 107 Å². The molecule has 2 amide bonds. The predicted molar refractivity (Wildman–Crippen MR) is 157 cm³/mol. The van der Waals surface area contributed by atoms with Gasteiger partial charge in [0.15, 0.2) is 0 Å². The van der Waals surface area contributed by atoms with Gasteiger partial charge in [-0.3, -0.25) is 14.6 Å². The number of hydrogen-bond acceptors (Lipinski definition) is 6. The molecule has 2 heterocycles. The quantitative estimate of drug-likeness (QED) is 0.322. The SMILES string of the molecule is COC(=O)c1ccc(NC(=O)[C@@H]2C[C@@H](CC(C)(C)C)[C@@]3(C(=O)Nc4ccncc43)[C@H]2c2cccc(Cl)c2F)cc1OC. The van der Waals surface area contributed by atoms with Crippen molar-refractivity contribution >= 4 is 40.8 Å². The van der Waals surface area contributed by atoms with Gasteiger partial charge >= 0.3 is 5.97 Å². The standard InChI is InChI=1S/C32H33ClFN3O5/c1-31(2,3)15-17-13-21(28(38)36-18-9-10-19(29(39)42-5)25(14-18)41-4)26(20-7-6-8-23(33)27(20)34)32(17)22-16-35-12-11-24(22)37-30(32)40/h6-12,14,16-17,21,26H,13,15H2,1-5H3,(H,36,38)(H,37,40)/t17-,21+,26-,32-/m0/s1. The second kappa shape index (κ2) is 11.0. The lowest BCUT2D eigenvalue weighted by Gasteiger charge is -2.38. The summed E-state index contributed by atoms with van der Waals surface area (Å²) in [6.07, 6.45) is 4.16. The van der Waals surface area contributed by atoms with Crippen molar-refractivity contribution in [3.63, 3.8) is 0 Å². The molecule has 1 aliphatic carbocycles. The first kappa shape index (κ1) is 29.5. The number of halogens is 2. The third kappa shape index (κ3) is 4.89. The first-order chi connectivity index (χ1) is 19.9. The number of anilines is 2. The van der Waals surface area contributed by atoms with Crippen LogP contribution < -0.4 is 15.4 Å². The van der Waals surface area contributed by atoms with Crippen molar-refractivity contribution in [3.8, 4) is 5.75 Å². The predicted octanol–water partition coefficient (Wildman–Crippen LogP) is 6.35. The number of ether oxygens (including phenoxy) is 2. The van der Waals surface area contributed by atoms with Gasteiger partial charge in [0.2, 0.25) is 11.8 Å². The first-order valence-electron chi connectivity index (χ1n) is 13.7.